The highest BCUT2D eigenvalue weighted by molar-refractivity contribution is 6.30. The lowest BCUT2D eigenvalue weighted by Crippen LogP contribution is -2.37. The Morgan fingerprint density at radius 2 is 1.82 bits per heavy atom. The minimum Gasteiger partial charge on any atom is -0.494 e. The summed E-state index contributed by atoms with van der Waals surface area (Å²) in [5, 5.41) is 16.5. The van der Waals surface area contributed by atoms with E-state index in [4.69, 9.17) is 16.3 Å². The fourth-order valence-corrected chi connectivity index (χ4v) is 2.39. The van der Waals surface area contributed by atoms with Gasteiger partial charge in [0.15, 0.2) is 0 Å². The van der Waals surface area contributed by atoms with Crippen LogP contribution < -0.4 is 15.4 Å². The number of amides is 2. The summed E-state index contributed by atoms with van der Waals surface area (Å²) < 4.78 is 5.55. The first-order chi connectivity index (χ1) is 13.5. The second-order valence-corrected chi connectivity index (χ2v) is 6.29. The van der Waals surface area contributed by atoms with Gasteiger partial charge in [0, 0.05) is 29.3 Å². The number of carbonyl (C=O) groups excluding carboxylic acids is 2. The van der Waals surface area contributed by atoms with Crippen LogP contribution in [0.5, 0.6) is 5.75 Å². The molecule has 2 amide bonds. The molecular formula is C19H20ClN3O5. The van der Waals surface area contributed by atoms with E-state index < -0.39 is 10.8 Å². The summed E-state index contributed by atoms with van der Waals surface area (Å²) in [6, 6.07) is 12.4. The van der Waals surface area contributed by atoms with Gasteiger partial charge in [-0.2, -0.15) is 0 Å². The monoisotopic (exact) mass is 405 g/mol. The summed E-state index contributed by atoms with van der Waals surface area (Å²) in [6.45, 7) is 0.763. The van der Waals surface area contributed by atoms with Crippen molar-refractivity contribution in [2.24, 2.45) is 0 Å². The van der Waals surface area contributed by atoms with Crippen LogP contribution in [0.2, 0.25) is 5.02 Å². The zero-order valence-electron chi connectivity index (χ0n) is 15.0. The minimum absolute atomic E-state index is 0.126. The number of benzene rings is 2. The maximum absolute atomic E-state index is 12.0. The predicted octanol–water partition coefficient (Wildman–Crippen LogP) is 2.95. The molecular weight excluding hydrogens is 386 g/mol. The highest BCUT2D eigenvalue weighted by Crippen LogP contribution is 2.15. The predicted molar refractivity (Wildman–Crippen MR) is 105 cm³/mol. The number of nitro groups is 1. The van der Waals surface area contributed by atoms with E-state index in [9.17, 15) is 19.7 Å². The van der Waals surface area contributed by atoms with Crippen LogP contribution in [0.1, 0.15) is 23.2 Å². The summed E-state index contributed by atoms with van der Waals surface area (Å²) in [5.41, 5.74) is -0.0562. The molecule has 0 fully saturated rings. The van der Waals surface area contributed by atoms with Crippen molar-refractivity contribution in [3.63, 3.8) is 0 Å². The van der Waals surface area contributed by atoms with Crippen molar-refractivity contribution in [2.75, 3.05) is 19.7 Å². The third-order valence-electron chi connectivity index (χ3n) is 3.70. The van der Waals surface area contributed by atoms with Gasteiger partial charge in [0.25, 0.3) is 11.6 Å². The molecule has 2 rings (SSSR count). The standard InChI is InChI=1S/C19H20ClN3O5/c20-15-6-8-17(9-7-15)28-11-2-1-10-21-18(24)13-22-19(25)14-4-3-5-16(12-14)23(26)27/h3-9,12H,1-2,10-11,13H2,(H,21,24)(H,22,25). The first-order valence-corrected chi connectivity index (χ1v) is 9.01. The summed E-state index contributed by atoms with van der Waals surface area (Å²) in [7, 11) is 0. The molecule has 9 heteroatoms. The largest absolute Gasteiger partial charge is 0.494 e. The Hall–Kier alpha value is -3.13. The van der Waals surface area contributed by atoms with Gasteiger partial charge in [0.05, 0.1) is 18.1 Å². The zero-order chi connectivity index (χ0) is 20.4. The van der Waals surface area contributed by atoms with Crippen molar-refractivity contribution in [1.29, 1.82) is 0 Å². The van der Waals surface area contributed by atoms with Crippen molar-refractivity contribution in [2.45, 2.75) is 12.8 Å². The van der Waals surface area contributed by atoms with Crippen LogP contribution in [0.25, 0.3) is 0 Å². The topological polar surface area (TPSA) is 111 Å². The number of carbonyl (C=O) groups is 2. The number of unbranched alkanes of at least 4 members (excludes halogenated alkanes) is 1. The van der Waals surface area contributed by atoms with Crippen molar-refractivity contribution < 1.29 is 19.2 Å². The number of nitrogens with zero attached hydrogens (tertiary/aromatic N) is 1. The molecule has 0 aliphatic heterocycles. The van der Waals surface area contributed by atoms with Gasteiger partial charge in [-0.3, -0.25) is 19.7 Å². The van der Waals surface area contributed by atoms with Gasteiger partial charge < -0.3 is 15.4 Å². The van der Waals surface area contributed by atoms with E-state index in [1.165, 1.54) is 18.2 Å². The van der Waals surface area contributed by atoms with Gasteiger partial charge in [-0.1, -0.05) is 17.7 Å². The van der Waals surface area contributed by atoms with Crippen LogP contribution >= 0.6 is 11.6 Å². The highest BCUT2D eigenvalue weighted by Gasteiger charge is 2.12. The van der Waals surface area contributed by atoms with Crippen LogP contribution in [-0.4, -0.2) is 36.4 Å². The fourth-order valence-electron chi connectivity index (χ4n) is 2.26. The number of nitrogens with one attached hydrogen (secondary N) is 2. The Morgan fingerprint density at radius 3 is 2.54 bits per heavy atom. The normalized spacial score (nSPS) is 10.2. The fraction of sp³-hybridized carbons (Fsp3) is 0.263. The molecule has 0 aromatic heterocycles. The lowest BCUT2D eigenvalue weighted by Gasteiger charge is -2.08. The smallest absolute Gasteiger partial charge is 0.270 e. The van der Waals surface area contributed by atoms with Crippen LogP contribution in [0, 0.1) is 10.1 Å². The lowest BCUT2D eigenvalue weighted by atomic mass is 10.2. The number of non-ortho nitro benzene ring substituents is 1. The maximum atomic E-state index is 12.0. The SMILES string of the molecule is O=C(CNC(=O)c1cccc([N+](=O)[O-])c1)NCCCCOc1ccc(Cl)cc1. The van der Waals surface area contributed by atoms with E-state index in [2.05, 4.69) is 10.6 Å². The van der Waals surface area contributed by atoms with E-state index in [1.54, 1.807) is 24.3 Å². The van der Waals surface area contributed by atoms with E-state index >= 15 is 0 Å². The average molecular weight is 406 g/mol. The molecule has 0 heterocycles. The Bertz CT molecular complexity index is 827. The van der Waals surface area contributed by atoms with E-state index in [0.717, 1.165) is 24.7 Å². The molecule has 28 heavy (non-hydrogen) atoms. The molecule has 0 aliphatic rings. The van der Waals surface area contributed by atoms with Gasteiger partial charge in [-0.25, -0.2) is 0 Å². The number of hydrogen-bond acceptors (Lipinski definition) is 5. The van der Waals surface area contributed by atoms with Crippen LogP contribution in [0.3, 0.4) is 0 Å². The molecule has 0 aliphatic carbocycles. The Kier molecular flexibility index (Phi) is 8.23. The highest BCUT2D eigenvalue weighted by atomic mass is 35.5. The molecule has 2 aromatic rings. The molecule has 0 unspecified atom stereocenters. The molecule has 0 bridgehead atoms. The van der Waals surface area contributed by atoms with Gasteiger partial charge >= 0.3 is 0 Å². The number of rotatable bonds is 10. The molecule has 0 atom stereocenters. The second-order valence-electron chi connectivity index (χ2n) is 5.85. The van der Waals surface area contributed by atoms with E-state index in [1.807, 2.05) is 0 Å². The molecule has 8 nitrogen and oxygen atoms in total. The number of ether oxygens (including phenoxy) is 1. The van der Waals surface area contributed by atoms with E-state index in [-0.39, 0.29) is 23.7 Å². The van der Waals surface area contributed by atoms with Gasteiger partial charge in [0.2, 0.25) is 5.91 Å². The number of halogens is 1. The van der Waals surface area contributed by atoms with Crippen molar-refractivity contribution >= 4 is 29.1 Å². The molecule has 2 N–H and O–H groups in total. The van der Waals surface area contributed by atoms with Crippen molar-refractivity contribution in [3.05, 3.63) is 69.2 Å². The van der Waals surface area contributed by atoms with Gasteiger partial charge in [-0.05, 0) is 43.2 Å². The van der Waals surface area contributed by atoms with Gasteiger partial charge in [0.1, 0.15) is 5.75 Å². The Labute approximate surface area is 167 Å². The molecule has 0 saturated carbocycles. The summed E-state index contributed by atoms with van der Waals surface area (Å²) in [4.78, 5) is 33.9. The van der Waals surface area contributed by atoms with Crippen molar-refractivity contribution in [3.8, 4) is 5.75 Å². The minimum atomic E-state index is -0.583. The maximum Gasteiger partial charge on any atom is 0.270 e. The third kappa shape index (κ3) is 7.24. The molecule has 0 spiro atoms. The summed E-state index contributed by atoms with van der Waals surface area (Å²) >= 11 is 5.79. The van der Waals surface area contributed by atoms with E-state index in [0.29, 0.717) is 18.2 Å². The van der Waals surface area contributed by atoms with Crippen LogP contribution in [-0.2, 0) is 4.79 Å². The van der Waals surface area contributed by atoms with Crippen LogP contribution in [0.4, 0.5) is 5.69 Å². The first kappa shape index (κ1) is 21.2. The Balaban J connectivity index is 1.59. The Morgan fingerprint density at radius 1 is 1.07 bits per heavy atom. The summed E-state index contributed by atoms with van der Waals surface area (Å²) in [5.74, 6) is -0.148. The number of hydrogen-bond donors (Lipinski definition) is 2. The molecule has 148 valence electrons. The summed E-state index contributed by atoms with van der Waals surface area (Å²) in [6.07, 6.45) is 1.47. The second kappa shape index (κ2) is 10.9. The van der Waals surface area contributed by atoms with Gasteiger partial charge in [-0.15, -0.1) is 0 Å². The number of nitro benzene ring substituents is 1. The average Bonchev–Trinajstić information content (AvgIpc) is 2.70. The van der Waals surface area contributed by atoms with Crippen molar-refractivity contribution in [1.82, 2.24) is 10.6 Å². The first-order valence-electron chi connectivity index (χ1n) is 8.63. The zero-order valence-corrected chi connectivity index (χ0v) is 15.8. The van der Waals surface area contributed by atoms with Crippen LogP contribution in [0.15, 0.2) is 48.5 Å². The lowest BCUT2D eigenvalue weighted by molar-refractivity contribution is -0.384. The quantitative estimate of drug-likeness (QED) is 0.358. The molecule has 2 aromatic carbocycles. The molecule has 0 radical (unpaired) electrons. The third-order valence-corrected chi connectivity index (χ3v) is 3.96. The molecule has 0 saturated heterocycles.